The fraction of sp³-hybridized carbons (Fsp3) is 0.316. The van der Waals surface area contributed by atoms with Crippen molar-refractivity contribution in [1.29, 1.82) is 0 Å². The van der Waals surface area contributed by atoms with Gasteiger partial charge in [-0.2, -0.15) is 0 Å². The molecule has 2 heterocycles. The summed E-state index contributed by atoms with van der Waals surface area (Å²) in [4.78, 5) is 28.6. The molecule has 0 aliphatic carbocycles. The Bertz CT molecular complexity index is 1840. The average molecular weight is 653 g/mol. The summed E-state index contributed by atoms with van der Waals surface area (Å²) in [5, 5.41) is 0. The van der Waals surface area contributed by atoms with E-state index in [9.17, 15) is 9.59 Å². The van der Waals surface area contributed by atoms with Crippen molar-refractivity contribution in [2.75, 3.05) is 55.6 Å². The molecule has 48 heavy (non-hydrogen) atoms. The minimum absolute atomic E-state index is 0.107. The summed E-state index contributed by atoms with van der Waals surface area (Å²) in [6, 6.07) is 18.4. The number of nitrogens with zero attached hydrogens (tertiary/aromatic N) is 2. The maximum atomic E-state index is 13.5. The summed E-state index contributed by atoms with van der Waals surface area (Å²) in [7, 11) is 10.3. The second-order valence-corrected chi connectivity index (χ2v) is 12.0. The topological polar surface area (TPSA) is 96.0 Å². The highest BCUT2D eigenvalue weighted by Gasteiger charge is 2.35. The molecule has 2 aliphatic heterocycles. The van der Waals surface area contributed by atoms with Crippen LogP contribution in [0.15, 0.2) is 60.7 Å². The van der Waals surface area contributed by atoms with Crippen LogP contribution in [0.4, 0.5) is 0 Å². The monoisotopic (exact) mass is 652 g/mol. The number of aldehydes is 1. The molecule has 4 aromatic rings. The van der Waals surface area contributed by atoms with Crippen LogP contribution in [-0.2, 0) is 19.3 Å². The van der Waals surface area contributed by atoms with Crippen molar-refractivity contribution < 1.29 is 38.0 Å². The number of amides is 1. The van der Waals surface area contributed by atoms with Gasteiger partial charge >= 0.3 is 0 Å². The van der Waals surface area contributed by atoms with Crippen molar-refractivity contribution in [2.45, 2.75) is 25.3 Å². The number of hydrogen-bond donors (Lipinski definition) is 0. The Hall–Kier alpha value is -5.22. The van der Waals surface area contributed by atoms with Gasteiger partial charge in [-0.3, -0.25) is 14.5 Å². The van der Waals surface area contributed by atoms with Crippen molar-refractivity contribution in [3.05, 3.63) is 94.0 Å². The number of likely N-dealkylation sites (N-methyl/N-ethyl adjacent to an activating group) is 2. The first kappa shape index (κ1) is 32.7. The first-order valence-electron chi connectivity index (χ1n) is 15.8. The van der Waals surface area contributed by atoms with Crippen molar-refractivity contribution in [1.82, 2.24) is 9.80 Å². The van der Waals surface area contributed by atoms with Gasteiger partial charge in [0.25, 0.3) is 5.91 Å². The number of benzene rings is 4. The summed E-state index contributed by atoms with van der Waals surface area (Å²) in [5.74, 6) is 4.14. The van der Waals surface area contributed by atoms with Crippen LogP contribution in [0.3, 0.4) is 0 Å². The van der Waals surface area contributed by atoms with E-state index in [-0.39, 0.29) is 11.9 Å². The molecule has 0 unspecified atom stereocenters. The molecule has 10 heteroatoms. The number of methoxy groups -OCH3 is 4. The van der Waals surface area contributed by atoms with Gasteiger partial charge in [0.05, 0.1) is 34.0 Å². The van der Waals surface area contributed by atoms with E-state index in [4.69, 9.17) is 28.4 Å². The third kappa shape index (κ3) is 6.23. The van der Waals surface area contributed by atoms with E-state index in [2.05, 4.69) is 11.9 Å². The third-order valence-corrected chi connectivity index (χ3v) is 9.13. The Morgan fingerprint density at radius 1 is 0.708 bits per heavy atom. The Morgan fingerprint density at radius 2 is 1.46 bits per heavy atom. The van der Waals surface area contributed by atoms with E-state index in [0.29, 0.717) is 76.5 Å². The highest BCUT2D eigenvalue weighted by molar-refractivity contribution is 5.99. The summed E-state index contributed by atoms with van der Waals surface area (Å²) in [6.45, 7) is 1.42. The number of carbonyl (C=O) groups is 2. The van der Waals surface area contributed by atoms with Crippen LogP contribution in [0.1, 0.15) is 49.0 Å². The zero-order valence-electron chi connectivity index (χ0n) is 28.1. The van der Waals surface area contributed by atoms with Gasteiger partial charge in [-0.05, 0) is 91.5 Å². The Morgan fingerprint density at radius 3 is 2.15 bits per heavy atom. The molecule has 1 atom stereocenters. The van der Waals surface area contributed by atoms with E-state index < -0.39 is 0 Å². The van der Waals surface area contributed by atoms with Crippen LogP contribution in [0.2, 0.25) is 0 Å². The predicted molar refractivity (Wildman–Crippen MR) is 181 cm³/mol. The second-order valence-electron chi connectivity index (χ2n) is 12.0. The van der Waals surface area contributed by atoms with Gasteiger partial charge in [-0.1, -0.05) is 6.07 Å². The summed E-state index contributed by atoms with van der Waals surface area (Å²) in [6.07, 6.45) is 2.86. The number of rotatable bonds is 11. The molecule has 0 saturated heterocycles. The summed E-state index contributed by atoms with van der Waals surface area (Å²) in [5.41, 5.74) is 5.00. The zero-order valence-corrected chi connectivity index (χ0v) is 28.1. The smallest absolute Gasteiger partial charge is 0.257 e. The molecule has 10 nitrogen and oxygen atoms in total. The average Bonchev–Trinajstić information content (AvgIpc) is 3.11. The lowest BCUT2D eigenvalue weighted by molar-refractivity contribution is 0.0777. The molecule has 6 rings (SSSR count). The van der Waals surface area contributed by atoms with Crippen molar-refractivity contribution in [2.24, 2.45) is 0 Å². The number of carbonyl (C=O) groups excluding carboxylic acids is 2. The van der Waals surface area contributed by atoms with Gasteiger partial charge in [-0.25, -0.2) is 0 Å². The van der Waals surface area contributed by atoms with Gasteiger partial charge < -0.3 is 33.3 Å². The molecule has 2 aliphatic rings. The normalized spacial score (nSPS) is 15.7. The van der Waals surface area contributed by atoms with Crippen molar-refractivity contribution in [3.8, 4) is 46.0 Å². The first-order chi connectivity index (χ1) is 23.3. The third-order valence-electron chi connectivity index (χ3n) is 9.13. The van der Waals surface area contributed by atoms with E-state index >= 15 is 0 Å². The Labute approximate surface area is 280 Å². The largest absolute Gasteiger partial charge is 0.497 e. The molecule has 1 amide bonds. The van der Waals surface area contributed by atoms with Crippen LogP contribution in [0.5, 0.6) is 46.0 Å². The fourth-order valence-electron chi connectivity index (χ4n) is 6.50. The second kappa shape index (κ2) is 13.9. The molecule has 250 valence electrons. The van der Waals surface area contributed by atoms with Crippen LogP contribution in [0, 0.1) is 0 Å². The molecular formula is C38H40N2O8. The summed E-state index contributed by atoms with van der Waals surface area (Å²) < 4.78 is 36.1. The highest BCUT2D eigenvalue weighted by atomic mass is 16.5. The van der Waals surface area contributed by atoms with E-state index in [1.54, 1.807) is 70.7 Å². The van der Waals surface area contributed by atoms with E-state index in [0.717, 1.165) is 41.5 Å². The fourth-order valence-corrected chi connectivity index (χ4v) is 6.50. The molecule has 0 N–H and O–H groups in total. The zero-order chi connectivity index (χ0) is 33.9. The van der Waals surface area contributed by atoms with Crippen LogP contribution >= 0.6 is 0 Å². The SMILES string of the molecule is COc1cc2c(c(Oc3c(OC)c(OC)cc4c3[C@H](Cc3ccc(OC)c(Oc5ccc(C=O)cc5)c3)N(C)CC4)c1)C(=O)N(C)CC2. The van der Waals surface area contributed by atoms with Crippen LogP contribution < -0.4 is 28.4 Å². The molecule has 4 aromatic carbocycles. The first-order valence-corrected chi connectivity index (χ1v) is 15.8. The van der Waals surface area contributed by atoms with Crippen LogP contribution in [-0.4, -0.2) is 77.6 Å². The lowest BCUT2D eigenvalue weighted by Gasteiger charge is -2.37. The number of fused-ring (bicyclic) bond motifs is 2. The molecular weight excluding hydrogens is 612 g/mol. The summed E-state index contributed by atoms with van der Waals surface area (Å²) >= 11 is 0. The highest BCUT2D eigenvalue weighted by Crippen LogP contribution is 2.51. The maximum absolute atomic E-state index is 13.5. The van der Waals surface area contributed by atoms with E-state index in [1.807, 2.05) is 30.3 Å². The Balaban J connectivity index is 1.44. The predicted octanol–water partition coefficient (Wildman–Crippen LogP) is 6.52. The Kier molecular flexibility index (Phi) is 9.45. The van der Waals surface area contributed by atoms with Crippen LogP contribution in [0.25, 0.3) is 0 Å². The van der Waals surface area contributed by atoms with Gasteiger partial charge in [0.15, 0.2) is 23.0 Å². The van der Waals surface area contributed by atoms with Gasteiger partial charge in [0.2, 0.25) is 5.75 Å². The standard InChI is InChI=1S/C38H40N2O8/c1-39-15-13-26-20-33(45-5)36(46-6)37(48-32-21-28(43-3)19-25-14-16-40(2)38(42)35(25)32)34(26)29(39)17-24-9-12-30(44-4)31(18-24)47-27-10-7-23(22-41)8-11-27/h7-12,18-22,29H,13-17H2,1-6H3/t29-/m0/s1. The van der Waals surface area contributed by atoms with Gasteiger partial charge in [0, 0.05) is 43.4 Å². The minimum atomic E-state index is -0.128. The van der Waals surface area contributed by atoms with Crippen molar-refractivity contribution in [3.63, 3.8) is 0 Å². The maximum Gasteiger partial charge on any atom is 0.257 e. The number of hydrogen-bond acceptors (Lipinski definition) is 9. The molecule has 0 fully saturated rings. The lowest BCUT2D eigenvalue weighted by Crippen LogP contribution is -2.35. The quantitative estimate of drug-likeness (QED) is 0.168. The van der Waals surface area contributed by atoms with Gasteiger partial charge in [0.1, 0.15) is 23.5 Å². The minimum Gasteiger partial charge on any atom is -0.497 e. The van der Waals surface area contributed by atoms with Crippen molar-refractivity contribution >= 4 is 12.2 Å². The lowest BCUT2D eigenvalue weighted by atomic mass is 9.87. The molecule has 0 bridgehead atoms. The van der Waals surface area contributed by atoms with E-state index in [1.165, 1.54) is 0 Å². The molecule has 0 spiro atoms. The molecule has 0 radical (unpaired) electrons. The molecule has 0 aromatic heterocycles. The number of ether oxygens (including phenoxy) is 6. The molecule has 0 saturated carbocycles. The van der Waals surface area contributed by atoms with Gasteiger partial charge in [-0.15, -0.1) is 0 Å².